The van der Waals surface area contributed by atoms with Gasteiger partial charge in [-0.2, -0.15) is 0 Å². The fourth-order valence-corrected chi connectivity index (χ4v) is 9.91. The fourth-order valence-electron chi connectivity index (χ4n) is 9.91. The highest BCUT2D eigenvalue weighted by atomic mass is 19.1. The Kier molecular flexibility index (Phi) is 11.4. The van der Waals surface area contributed by atoms with Crippen molar-refractivity contribution in [3.05, 3.63) is 88.8 Å². The van der Waals surface area contributed by atoms with E-state index in [1.807, 2.05) is 42.4 Å². The topological polar surface area (TPSA) is 162 Å². The Hall–Kier alpha value is -6.27. The molecule has 15 nitrogen and oxygen atoms in total. The molecule has 5 aromatic rings. The Morgan fingerprint density at radius 3 is 2.23 bits per heavy atom. The average molecular weight is 878 g/mol. The van der Waals surface area contributed by atoms with Crippen LogP contribution in [0.2, 0.25) is 0 Å². The first-order valence-electron chi connectivity index (χ1n) is 21.8. The van der Waals surface area contributed by atoms with Crippen LogP contribution in [0.5, 0.6) is 0 Å². The van der Waals surface area contributed by atoms with Gasteiger partial charge in [-0.15, -0.1) is 0 Å². The number of hydrogen-bond acceptors (Lipinski definition) is 12. The number of imide groups is 2. The summed E-state index contributed by atoms with van der Waals surface area (Å²) in [7, 11) is 0. The number of benzene rings is 2. The number of imidazole rings is 1. The molecule has 0 spiro atoms. The number of fused-ring (bicyclic) bond motifs is 2. The van der Waals surface area contributed by atoms with E-state index in [2.05, 4.69) is 54.2 Å². The van der Waals surface area contributed by atoms with Gasteiger partial charge >= 0.3 is 0 Å². The predicted octanol–water partition coefficient (Wildman–Crippen LogP) is 6.15. The summed E-state index contributed by atoms with van der Waals surface area (Å²) < 4.78 is 47.9. The molecule has 4 aliphatic heterocycles. The van der Waals surface area contributed by atoms with Crippen molar-refractivity contribution in [1.29, 1.82) is 0 Å². The zero-order valence-electron chi connectivity index (χ0n) is 36.4. The molecule has 0 saturated carbocycles. The Labute approximate surface area is 368 Å². The van der Waals surface area contributed by atoms with Crippen LogP contribution in [0, 0.1) is 30.3 Å². The zero-order valence-corrected chi connectivity index (χ0v) is 36.4. The van der Waals surface area contributed by atoms with Gasteiger partial charge in [0.2, 0.25) is 17.8 Å². The second-order valence-electron chi connectivity index (χ2n) is 17.8. The van der Waals surface area contributed by atoms with Gasteiger partial charge in [0.25, 0.3) is 11.8 Å². The molecule has 3 fully saturated rings. The summed E-state index contributed by atoms with van der Waals surface area (Å²) in [6, 6.07) is 8.39. The van der Waals surface area contributed by atoms with E-state index in [0.29, 0.717) is 36.2 Å². The van der Waals surface area contributed by atoms with Crippen LogP contribution >= 0.6 is 0 Å². The van der Waals surface area contributed by atoms with Gasteiger partial charge in [0, 0.05) is 62.5 Å². The van der Waals surface area contributed by atoms with E-state index in [4.69, 9.17) is 0 Å². The molecule has 2 N–H and O–H groups in total. The molecule has 4 amide bonds. The largest absolute Gasteiger partial charge is 0.366 e. The molecule has 0 radical (unpaired) electrons. The SMILES string of the molecule is Cc1nc2c(F)cc(-c3nc(Nc4ccc(CN5CCC(CN6C(C)CN(c7cc8c(cc7F)C(=O)N(C7CCC(=O)NC7=O)C8=O)CC6C)CC5)cn4)ncc3F)cc2n1C(C)C. The lowest BCUT2D eigenvalue weighted by atomic mass is 9.93. The molecule has 64 heavy (non-hydrogen) atoms. The first-order valence-corrected chi connectivity index (χ1v) is 21.8. The highest BCUT2D eigenvalue weighted by Gasteiger charge is 2.46. The van der Waals surface area contributed by atoms with Crippen molar-refractivity contribution in [1.82, 2.24) is 44.5 Å². The number of anilines is 3. The number of carbonyl (C=O) groups excluding carboxylic acids is 4. The maximum Gasteiger partial charge on any atom is 0.262 e. The number of pyridine rings is 1. The minimum Gasteiger partial charge on any atom is -0.366 e. The van der Waals surface area contributed by atoms with Gasteiger partial charge in [0.05, 0.1) is 28.5 Å². The summed E-state index contributed by atoms with van der Waals surface area (Å²) in [6.07, 6.45) is 4.94. The molecule has 7 heterocycles. The Morgan fingerprint density at radius 2 is 1.56 bits per heavy atom. The number of halogens is 3. The summed E-state index contributed by atoms with van der Waals surface area (Å²) in [6.45, 7) is 14.6. The van der Waals surface area contributed by atoms with E-state index < -0.39 is 47.1 Å². The van der Waals surface area contributed by atoms with Gasteiger partial charge in [0.1, 0.15) is 34.7 Å². The third kappa shape index (κ3) is 8.08. The molecular weight excluding hydrogens is 828 g/mol. The second kappa shape index (κ2) is 17.0. The van der Waals surface area contributed by atoms with Gasteiger partial charge in [-0.1, -0.05) is 6.07 Å². The Morgan fingerprint density at radius 1 is 0.844 bits per heavy atom. The van der Waals surface area contributed by atoms with Crippen LogP contribution < -0.4 is 15.5 Å². The van der Waals surface area contributed by atoms with Crippen LogP contribution in [-0.4, -0.2) is 114 Å². The number of hydrogen-bond donors (Lipinski definition) is 2. The van der Waals surface area contributed by atoms with Crippen molar-refractivity contribution in [3.8, 4) is 11.3 Å². The van der Waals surface area contributed by atoms with Crippen molar-refractivity contribution in [2.75, 3.05) is 42.9 Å². The molecule has 0 bridgehead atoms. The first-order chi connectivity index (χ1) is 30.6. The molecule has 3 atom stereocenters. The van der Waals surface area contributed by atoms with Crippen LogP contribution in [0.15, 0.2) is 48.8 Å². The van der Waals surface area contributed by atoms with E-state index in [1.165, 1.54) is 12.1 Å². The minimum atomic E-state index is -1.12. The summed E-state index contributed by atoms with van der Waals surface area (Å²) in [5, 5.41) is 5.24. The second-order valence-corrected chi connectivity index (χ2v) is 17.8. The molecule has 4 aliphatic rings. The predicted molar refractivity (Wildman–Crippen MR) is 232 cm³/mol. The van der Waals surface area contributed by atoms with Gasteiger partial charge in [0.15, 0.2) is 11.6 Å². The molecule has 9 rings (SSSR count). The number of aromatic nitrogens is 5. The van der Waals surface area contributed by atoms with Gasteiger partial charge in [-0.3, -0.25) is 39.2 Å². The van der Waals surface area contributed by atoms with Gasteiger partial charge in [-0.05, 0) is 109 Å². The summed E-state index contributed by atoms with van der Waals surface area (Å²) in [5.74, 6) is -2.63. The van der Waals surface area contributed by atoms with Crippen molar-refractivity contribution in [3.63, 3.8) is 0 Å². The molecule has 2 aromatic carbocycles. The van der Waals surface area contributed by atoms with Crippen molar-refractivity contribution < 1.29 is 32.3 Å². The smallest absolute Gasteiger partial charge is 0.262 e. The lowest BCUT2D eigenvalue weighted by Crippen LogP contribution is -2.58. The normalized spacial score (nSPS) is 21.4. The Bertz CT molecular complexity index is 2670. The van der Waals surface area contributed by atoms with Crippen LogP contribution in [0.1, 0.15) is 91.5 Å². The molecule has 0 aliphatic carbocycles. The van der Waals surface area contributed by atoms with Gasteiger partial charge in [-0.25, -0.2) is 33.1 Å². The summed E-state index contributed by atoms with van der Waals surface area (Å²) in [4.78, 5) is 76.0. The molecule has 18 heteroatoms. The number of carbonyl (C=O) groups is 4. The third-order valence-corrected chi connectivity index (χ3v) is 13.1. The number of nitrogens with zero attached hydrogens (tertiary/aromatic N) is 9. The van der Waals surface area contributed by atoms with Crippen molar-refractivity contribution in [2.24, 2.45) is 5.92 Å². The van der Waals surface area contributed by atoms with E-state index in [0.717, 1.165) is 61.7 Å². The van der Waals surface area contributed by atoms with Crippen LogP contribution in [0.4, 0.5) is 30.6 Å². The first kappa shape index (κ1) is 43.0. The molecule has 3 aromatic heterocycles. The molecular formula is C46H50F3N11O4. The summed E-state index contributed by atoms with van der Waals surface area (Å²) >= 11 is 0. The number of aryl methyl sites for hydroxylation is 1. The van der Waals surface area contributed by atoms with Crippen LogP contribution in [-0.2, 0) is 16.1 Å². The molecule has 3 saturated heterocycles. The quantitative estimate of drug-likeness (QED) is 0.154. The number of amides is 4. The molecule has 334 valence electrons. The van der Waals surface area contributed by atoms with E-state index in [9.17, 15) is 19.2 Å². The minimum absolute atomic E-state index is 0.00702. The monoisotopic (exact) mass is 877 g/mol. The number of piperidine rings is 2. The van der Waals surface area contributed by atoms with Crippen molar-refractivity contribution >= 4 is 52.1 Å². The van der Waals surface area contributed by atoms with Crippen LogP contribution in [0.25, 0.3) is 22.3 Å². The lowest BCUT2D eigenvalue weighted by molar-refractivity contribution is -0.136. The van der Waals surface area contributed by atoms with Crippen LogP contribution in [0.3, 0.4) is 0 Å². The average Bonchev–Trinajstić information content (AvgIpc) is 3.72. The number of piperazine rings is 1. The maximum atomic E-state index is 15.7. The standard InChI is InChI=1S/C46H50F3N11O4/c1-24(2)59-27(5)52-42-34(48)14-30(15-38(42)59)41-35(49)19-51-46(55-41)53-39-8-6-29(18-50-39)22-56-12-10-28(11-13-56)23-58-25(3)20-57(21-26(58)4)37-17-32-31(16-33(37)47)44(63)60(45(32)64)36-7-9-40(61)54-43(36)62/h6,8,14-19,24-26,28,36H,7,9-13,20-23H2,1-5H3,(H,54,61,62)(H,50,51,53,55). The lowest BCUT2D eigenvalue weighted by Gasteiger charge is -2.47. The van der Waals surface area contributed by atoms with Gasteiger partial charge < -0.3 is 14.8 Å². The summed E-state index contributed by atoms with van der Waals surface area (Å²) in [5.41, 5.74) is 2.31. The highest BCUT2D eigenvalue weighted by molar-refractivity contribution is 6.23. The fraction of sp³-hybridized carbons (Fsp3) is 0.435. The third-order valence-electron chi connectivity index (χ3n) is 13.1. The maximum absolute atomic E-state index is 15.7. The number of likely N-dealkylation sites (tertiary alicyclic amines) is 1. The van der Waals surface area contributed by atoms with E-state index in [1.54, 1.807) is 12.3 Å². The number of nitrogens with one attached hydrogen (secondary N) is 2. The highest BCUT2D eigenvalue weighted by Crippen LogP contribution is 2.35. The van der Waals surface area contributed by atoms with E-state index in [-0.39, 0.29) is 70.5 Å². The zero-order chi connectivity index (χ0) is 45.1. The Balaban J connectivity index is 0.776. The molecule has 3 unspecified atom stereocenters. The van der Waals surface area contributed by atoms with Crippen molar-refractivity contribution in [2.45, 2.75) is 91.0 Å². The number of rotatable bonds is 10. The van der Waals surface area contributed by atoms with E-state index >= 15 is 13.2 Å².